The van der Waals surface area contributed by atoms with Gasteiger partial charge in [0.2, 0.25) is 0 Å². The van der Waals surface area contributed by atoms with Crippen LogP contribution in [0.3, 0.4) is 0 Å². The number of aryl methyl sites for hydroxylation is 1. The van der Waals surface area contributed by atoms with Gasteiger partial charge in [-0.15, -0.1) is 11.3 Å². The number of thiazole rings is 1. The second kappa shape index (κ2) is 6.10. The van der Waals surface area contributed by atoms with Crippen LogP contribution in [0.5, 0.6) is 0 Å². The van der Waals surface area contributed by atoms with E-state index in [2.05, 4.69) is 41.4 Å². The predicted octanol–water partition coefficient (Wildman–Crippen LogP) is 1.82. The number of rotatable bonds is 4. The fourth-order valence-corrected chi connectivity index (χ4v) is 3.22. The van der Waals surface area contributed by atoms with E-state index in [0.29, 0.717) is 6.04 Å². The van der Waals surface area contributed by atoms with Crippen LogP contribution in [0.15, 0.2) is 5.38 Å². The molecule has 0 amide bonds. The summed E-state index contributed by atoms with van der Waals surface area (Å²) in [4.78, 5) is 7.17. The molecular weight excluding hydrogens is 246 g/mol. The third-order valence-electron chi connectivity index (χ3n) is 3.40. The van der Waals surface area contributed by atoms with Crippen molar-refractivity contribution in [3.05, 3.63) is 16.1 Å². The monoisotopic (exact) mass is 269 g/mol. The minimum absolute atomic E-state index is 0.188. The van der Waals surface area contributed by atoms with Crippen molar-refractivity contribution in [3.8, 4) is 0 Å². The first kappa shape index (κ1) is 13.9. The van der Waals surface area contributed by atoms with Gasteiger partial charge >= 0.3 is 0 Å². The molecule has 1 aliphatic heterocycles. The molecule has 0 saturated carbocycles. The van der Waals surface area contributed by atoms with Crippen molar-refractivity contribution in [1.82, 2.24) is 15.2 Å². The van der Waals surface area contributed by atoms with Crippen molar-refractivity contribution in [1.29, 1.82) is 0 Å². The van der Waals surface area contributed by atoms with Crippen molar-refractivity contribution >= 4 is 11.3 Å². The summed E-state index contributed by atoms with van der Waals surface area (Å²) < 4.78 is 5.94. The maximum Gasteiger partial charge on any atom is 0.0912 e. The van der Waals surface area contributed by atoms with E-state index in [-0.39, 0.29) is 12.1 Å². The molecule has 0 aromatic carbocycles. The lowest BCUT2D eigenvalue weighted by molar-refractivity contribution is -0.0827. The Morgan fingerprint density at radius 1 is 1.61 bits per heavy atom. The lowest BCUT2D eigenvalue weighted by atomic mass is 10.0. The van der Waals surface area contributed by atoms with Gasteiger partial charge in [-0.05, 0) is 27.8 Å². The van der Waals surface area contributed by atoms with Crippen molar-refractivity contribution < 1.29 is 4.74 Å². The van der Waals surface area contributed by atoms with E-state index in [4.69, 9.17) is 4.74 Å². The number of aromatic nitrogens is 1. The van der Waals surface area contributed by atoms with Crippen LogP contribution in [0, 0.1) is 6.92 Å². The fraction of sp³-hybridized carbons (Fsp3) is 0.769. The molecule has 2 atom stereocenters. The molecule has 2 heterocycles. The van der Waals surface area contributed by atoms with E-state index in [1.165, 1.54) is 0 Å². The third-order valence-corrected chi connectivity index (χ3v) is 4.19. The first-order valence-electron chi connectivity index (χ1n) is 6.57. The number of hydrogen-bond acceptors (Lipinski definition) is 5. The SMILES string of the molecule is CNCC1OCCN(C(C)C)C1c1csc(C)n1. The Bertz CT molecular complexity index is 378. The second-order valence-electron chi connectivity index (χ2n) is 5.03. The first-order chi connectivity index (χ1) is 8.63. The van der Waals surface area contributed by atoms with Crippen molar-refractivity contribution in [2.24, 2.45) is 0 Å². The van der Waals surface area contributed by atoms with Gasteiger partial charge in [0.15, 0.2) is 0 Å². The number of ether oxygens (including phenoxy) is 1. The molecule has 5 heteroatoms. The van der Waals surface area contributed by atoms with Crippen molar-refractivity contribution in [2.75, 3.05) is 26.7 Å². The summed E-state index contributed by atoms with van der Waals surface area (Å²) in [7, 11) is 1.97. The minimum atomic E-state index is 0.188. The van der Waals surface area contributed by atoms with Crippen molar-refractivity contribution in [2.45, 2.75) is 39.0 Å². The van der Waals surface area contributed by atoms with Crippen LogP contribution in [0.1, 0.15) is 30.6 Å². The Balaban J connectivity index is 2.26. The van der Waals surface area contributed by atoms with Crippen LogP contribution in [-0.4, -0.2) is 48.8 Å². The van der Waals surface area contributed by atoms with Gasteiger partial charge in [-0.25, -0.2) is 4.98 Å². The molecule has 1 saturated heterocycles. The maximum atomic E-state index is 5.94. The van der Waals surface area contributed by atoms with Gasteiger partial charge in [-0.3, -0.25) is 4.90 Å². The average Bonchev–Trinajstić information content (AvgIpc) is 2.75. The van der Waals surface area contributed by atoms with Crippen LogP contribution < -0.4 is 5.32 Å². The molecule has 4 nitrogen and oxygen atoms in total. The van der Waals surface area contributed by atoms with Crippen LogP contribution in [0.2, 0.25) is 0 Å². The molecule has 1 aromatic rings. The quantitative estimate of drug-likeness (QED) is 0.905. The molecule has 1 N–H and O–H groups in total. The molecule has 0 spiro atoms. The number of nitrogens with one attached hydrogen (secondary N) is 1. The third kappa shape index (κ3) is 2.91. The highest BCUT2D eigenvalue weighted by atomic mass is 32.1. The highest BCUT2D eigenvalue weighted by molar-refractivity contribution is 7.09. The summed E-state index contributed by atoms with van der Waals surface area (Å²) in [6, 6.07) is 0.788. The first-order valence-corrected chi connectivity index (χ1v) is 7.45. The Hall–Kier alpha value is -0.490. The molecule has 18 heavy (non-hydrogen) atoms. The van der Waals surface area contributed by atoms with Gasteiger partial charge in [0.25, 0.3) is 0 Å². The van der Waals surface area contributed by atoms with Gasteiger partial charge in [-0.2, -0.15) is 0 Å². The average molecular weight is 269 g/mol. The fourth-order valence-electron chi connectivity index (χ4n) is 2.58. The lowest BCUT2D eigenvalue weighted by Crippen LogP contribution is -2.51. The molecule has 0 aliphatic carbocycles. The Morgan fingerprint density at radius 3 is 2.94 bits per heavy atom. The van der Waals surface area contributed by atoms with E-state index >= 15 is 0 Å². The van der Waals surface area contributed by atoms with Crippen LogP contribution in [-0.2, 0) is 4.74 Å². The summed E-state index contributed by atoms with van der Waals surface area (Å²) in [5.74, 6) is 0. The smallest absolute Gasteiger partial charge is 0.0912 e. The summed E-state index contributed by atoms with van der Waals surface area (Å²) in [6.07, 6.45) is 0.188. The van der Waals surface area contributed by atoms with E-state index in [1.54, 1.807) is 11.3 Å². The summed E-state index contributed by atoms with van der Waals surface area (Å²) in [5, 5.41) is 6.53. The van der Waals surface area contributed by atoms with E-state index in [9.17, 15) is 0 Å². The minimum Gasteiger partial charge on any atom is -0.374 e. The maximum absolute atomic E-state index is 5.94. The number of morpholine rings is 1. The molecule has 2 rings (SSSR count). The van der Waals surface area contributed by atoms with Gasteiger partial charge in [0.05, 0.1) is 29.5 Å². The summed E-state index contributed by atoms with van der Waals surface area (Å²) >= 11 is 1.72. The van der Waals surface area contributed by atoms with E-state index in [1.807, 2.05) is 7.05 Å². The Kier molecular flexibility index (Phi) is 4.72. The largest absolute Gasteiger partial charge is 0.374 e. The molecule has 1 aliphatic rings. The van der Waals surface area contributed by atoms with Gasteiger partial charge in [-0.1, -0.05) is 0 Å². The highest BCUT2D eigenvalue weighted by Crippen LogP contribution is 2.31. The van der Waals surface area contributed by atoms with Gasteiger partial charge in [0, 0.05) is 24.5 Å². The molecule has 0 radical (unpaired) electrons. The predicted molar refractivity (Wildman–Crippen MR) is 75.1 cm³/mol. The van der Waals surface area contributed by atoms with Crippen molar-refractivity contribution in [3.63, 3.8) is 0 Å². The van der Waals surface area contributed by atoms with E-state index in [0.717, 1.165) is 30.4 Å². The number of hydrogen-bond donors (Lipinski definition) is 1. The molecular formula is C13H23N3OS. The van der Waals surface area contributed by atoms with Crippen LogP contribution in [0.4, 0.5) is 0 Å². The Labute approximate surface area is 113 Å². The molecule has 0 bridgehead atoms. The highest BCUT2D eigenvalue weighted by Gasteiger charge is 2.35. The van der Waals surface area contributed by atoms with Crippen LogP contribution >= 0.6 is 11.3 Å². The molecule has 1 fully saturated rings. The number of likely N-dealkylation sites (N-methyl/N-ethyl adjacent to an activating group) is 1. The zero-order valence-electron chi connectivity index (χ0n) is 11.6. The van der Waals surface area contributed by atoms with E-state index < -0.39 is 0 Å². The van der Waals surface area contributed by atoms with Gasteiger partial charge in [0.1, 0.15) is 0 Å². The Morgan fingerprint density at radius 2 is 2.39 bits per heavy atom. The summed E-state index contributed by atoms with van der Waals surface area (Å²) in [5.41, 5.74) is 1.16. The lowest BCUT2D eigenvalue weighted by Gasteiger charge is -2.42. The normalized spacial score (nSPS) is 25.8. The zero-order valence-corrected chi connectivity index (χ0v) is 12.5. The molecule has 2 unspecified atom stereocenters. The zero-order chi connectivity index (χ0) is 13.1. The topological polar surface area (TPSA) is 37.4 Å². The molecule has 102 valence electrons. The number of nitrogens with zero attached hydrogens (tertiary/aromatic N) is 2. The van der Waals surface area contributed by atoms with Crippen LogP contribution in [0.25, 0.3) is 0 Å². The van der Waals surface area contributed by atoms with Gasteiger partial charge < -0.3 is 10.1 Å². The molecule has 1 aromatic heterocycles. The summed E-state index contributed by atoms with van der Waals surface area (Å²) in [6.45, 7) is 9.21. The standard InChI is InChI=1S/C13H23N3OS/c1-9(2)16-5-6-17-12(7-14-4)13(16)11-8-18-10(3)15-11/h8-9,12-14H,5-7H2,1-4H3. The second-order valence-corrected chi connectivity index (χ2v) is 6.10.